The summed E-state index contributed by atoms with van der Waals surface area (Å²) in [6.07, 6.45) is 1.85. The van der Waals surface area contributed by atoms with Crippen molar-refractivity contribution in [2.75, 3.05) is 13.2 Å². The van der Waals surface area contributed by atoms with Gasteiger partial charge in [0.25, 0.3) is 0 Å². The molecule has 5 N–H and O–H groups in total. The maximum atomic E-state index is 12.4. The first-order chi connectivity index (χ1) is 13.2. The second-order valence-corrected chi connectivity index (χ2v) is 9.57. The van der Waals surface area contributed by atoms with Crippen molar-refractivity contribution in [2.45, 2.75) is 63.3 Å². The van der Waals surface area contributed by atoms with Crippen molar-refractivity contribution < 1.29 is 35.1 Å². The summed E-state index contributed by atoms with van der Waals surface area (Å²) in [5, 5.41) is 52.8. The summed E-state index contributed by atoms with van der Waals surface area (Å²) >= 11 is 0. The molecule has 0 saturated heterocycles. The van der Waals surface area contributed by atoms with Crippen LogP contribution < -0.4 is 0 Å². The fourth-order valence-electron chi connectivity index (χ4n) is 7.40. The van der Waals surface area contributed by atoms with E-state index in [0.29, 0.717) is 25.7 Å². The smallest absolute Gasteiger partial charge is 0.192 e. The Morgan fingerprint density at radius 3 is 2.61 bits per heavy atom. The van der Waals surface area contributed by atoms with Crippen LogP contribution in [0.2, 0.25) is 0 Å². The zero-order valence-electron chi connectivity index (χ0n) is 16.2. The maximum absolute atomic E-state index is 12.4. The standard InChI is InChI=1S/C21H30O7/c1-19-8-15(25)18-13(14(19)7-16(26)21(19,28)17(27)9-22)3-2-11-6-12(24)4-5-20(11,18)10-23/h6,13-16,18,22-23,25-26,28H,2-5,7-10H2,1H3/t13-,14-,15-,16+,18+,19-,20-,21-/m0/s1. The molecule has 0 radical (unpaired) electrons. The fraction of sp³-hybridized carbons (Fsp3) is 0.810. The number of carbonyl (C=O) groups excluding carboxylic acids is 2. The summed E-state index contributed by atoms with van der Waals surface area (Å²) in [5.74, 6) is -1.37. The minimum atomic E-state index is -2.09. The first-order valence-electron chi connectivity index (χ1n) is 10.2. The van der Waals surface area contributed by atoms with Gasteiger partial charge in [0.1, 0.15) is 6.61 Å². The van der Waals surface area contributed by atoms with Gasteiger partial charge in [0, 0.05) is 17.3 Å². The SMILES string of the molecule is C[C@]12C[C@H](O)[C@H]3[C@@H](CCC4=CC(=O)CC[C@]43CO)[C@@H]1C[C@@H](O)[C@]2(O)C(=O)CO. The normalized spacial score (nSPS) is 50.4. The molecule has 0 aromatic rings. The highest BCUT2D eigenvalue weighted by molar-refractivity contribution is 5.92. The lowest BCUT2D eigenvalue weighted by Crippen LogP contribution is -2.64. The number of rotatable bonds is 3. The largest absolute Gasteiger partial charge is 0.395 e. The third-order valence-electron chi connectivity index (χ3n) is 8.70. The number of hydrogen-bond donors (Lipinski definition) is 5. The van der Waals surface area contributed by atoms with Crippen LogP contribution in [0.25, 0.3) is 0 Å². The summed E-state index contributed by atoms with van der Waals surface area (Å²) in [5.41, 5.74) is -2.92. The van der Waals surface area contributed by atoms with Crippen molar-refractivity contribution in [3.8, 4) is 0 Å². The molecule has 0 heterocycles. The van der Waals surface area contributed by atoms with E-state index in [0.717, 1.165) is 5.57 Å². The van der Waals surface area contributed by atoms with E-state index in [9.17, 15) is 35.1 Å². The van der Waals surface area contributed by atoms with Crippen LogP contribution in [0.4, 0.5) is 0 Å². The Bertz CT molecular complexity index is 732. The second kappa shape index (κ2) is 6.44. The molecular weight excluding hydrogens is 364 g/mol. The molecule has 7 heteroatoms. The summed E-state index contributed by atoms with van der Waals surface area (Å²) < 4.78 is 0. The molecule has 0 unspecified atom stereocenters. The van der Waals surface area contributed by atoms with Crippen molar-refractivity contribution in [1.82, 2.24) is 0 Å². The predicted octanol–water partition coefficient (Wildman–Crippen LogP) is -0.275. The van der Waals surface area contributed by atoms with Crippen molar-refractivity contribution in [3.05, 3.63) is 11.6 Å². The minimum Gasteiger partial charge on any atom is -0.395 e. The van der Waals surface area contributed by atoms with Crippen LogP contribution in [0, 0.1) is 28.6 Å². The highest BCUT2D eigenvalue weighted by atomic mass is 16.4. The molecule has 3 fully saturated rings. The number of fused-ring (bicyclic) bond motifs is 5. The van der Waals surface area contributed by atoms with Gasteiger partial charge in [-0.1, -0.05) is 12.5 Å². The predicted molar refractivity (Wildman–Crippen MR) is 97.9 cm³/mol. The van der Waals surface area contributed by atoms with E-state index in [2.05, 4.69) is 0 Å². The molecule has 0 amide bonds. The zero-order chi connectivity index (χ0) is 20.5. The quantitative estimate of drug-likeness (QED) is 0.444. The third kappa shape index (κ3) is 2.28. The fourth-order valence-corrected chi connectivity index (χ4v) is 7.40. The van der Waals surface area contributed by atoms with E-state index in [1.54, 1.807) is 13.0 Å². The van der Waals surface area contributed by atoms with Gasteiger partial charge in [-0.05, 0) is 55.9 Å². The van der Waals surface area contributed by atoms with Crippen LogP contribution in [0.5, 0.6) is 0 Å². The van der Waals surface area contributed by atoms with Crippen LogP contribution in [0.3, 0.4) is 0 Å². The van der Waals surface area contributed by atoms with Crippen LogP contribution >= 0.6 is 0 Å². The van der Waals surface area contributed by atoms with Crippen molar-refractivity contribution in [1.29, 1.82) is 0 Å². The molecule has 0 aromatic heterocycles. The van der Waals surface area contributed by atoms with E-state index in [1.807, 2.05) is 0 Å². The van der Waals surface area contributed by atoms with E-state index < -0.39 is 41.0 Å². The van der Waals surface area contributed by atoms with Gasteiger partial charge in [-0.25, -0.2) is 0 Å². The van der Waals surface area contributed by atoms with Crippen molar-refractivity contribution in [2.24, 2.45) is 28.6 Å². The van der Waals surface area contributed by atoms with Crippen LogP contribution in [-0.2, 0) is 9.59 Å². The topological polar surface area (TPSA) is 135 Å². The molecule has 0 bridgehead atoms. The number of ketones is 2. The first-order valence-corrected chi connectivity index (χ1v) is 10.2. The maximum Gasteiger partial charge on any atom is 0.192 e. The molecule has 4 rings (SSSR count). The molecule has 0 aliphatic heterocycles. The summed E-state index contributed by atoms with van der Waals surface area (Å²) in [6, 6.07) is 0. The summed E-state index contributed by atoms with van der Waals surface area (Å²) in [4.78, 5) is 24.4. The molecule has 4 aliphatic rings. The monoisotopic (exact) mass is 394 g/mol. The van der Waals surface area contributed by atoms with E-state index in [4.69, 9.17) is 0 Å². The molecule has 7 nitrogen and oxygen atoms in total. The van der Waals surface area contributed by atoms with Gasteiger partial charge in [-0.3, -0.25) is 9.59 Å². The Morgan fingerprint density at radius 1 is 1.25 bits per heavy atom. The molecule has 4 aliphatic carbocycles. The van der Waals surface area contributed by atoms with Gasteiger partial charge >= 0.3 is 0 Å². The summed E-state index contributed by atoms with van der Waals surface area (Å²) in [7, 11) is 0. The van der Waals surface area contributed by atoms with E-state index in [-0.39, 0.29) is 43.0 Å². The van der Waals surface area contributed by atoms with Crippen LogP contribution in [0.1, 0.15) is 45.4 Å². The van der Waals surface area contributed by atoms with Gasteiger partial charge in [0.15, 0.2) is 17.2 Å². The van der Waals surface area contributed by atoms with Crippen molar-refractivity contribution in [3.63, 3.8) is 0 Å². The molecule has 8 atom stereocenters. The molecule has 156 valence electrons. The Kier molecular flexibility index (Phi) is 4.64. The molecular formula is C21H30O7. The molecule has 28 heavy (non-hydrogen) atoms. The first kappa shape index (κ1) is 20.2. The number of Topliss-reactive ketones (excluding diaryl/α,β-unsaturated/α-hetero) is 1. The minimum absolute atomic E-state index is 0.0480. The van der Waals surface area contributed by atoms with Gasteiger partial charge in [-0.2, -0.15) is 0 Å². The highest BCUT2D eigenvalue weighted by Crippen LogP contribution is 2.67. The highest BCUT2D eigenvalue weighted by Gasteiger charge is 2.71. The second-order valence-electron chi connectivity index (χ2n) is 9.57. The van der Waals surface area contributed by atoms with Gasteiger partial charge in [0.05, 0.1) is 18.8 Å². The lowest BCUT2D eigenvalue weighted by molar-refractivity contribution is -0.196. The third-order valence-corrected chi connectivity index (χ3v) is 8.70. The average molecular weight is 394 g/mol. The Labute approximate surface area is 164 Å². The van der Waals surface area contributed by atoms with Crippen LogP contribution in [-0.4, -0.2) is 68.1 Å². The number of aliphatic hydroxyl groups is 5. The van der Waals surface area contributed by atoms with Crippen LogP contribution in [0.15, 0.2) is 11.6 Å². The zero-order valence-corrected chi connectivity index (χ0v) is 16.2. The summed E-state index contributed by atoms with van der Waals surface area (Å²) in [6.45, 7) is 0.702. The van der Waals surface area contributed by atoms with E-state index >= 15 is 0 Å². The average Bonchev–Trinajstić information content (AvgIpc) is 2.88. The number of carbonyl (C=O) groups is 2. The molecule has 0 spiro atoms. The lowest BCUT2D eigenvalue weighted by atomic mass is 9.45. The van der Waals surface area contributed by atoms with Crippen molar-refractivity contribution >= 4 is 11.6 Å². The Morgan fingerprint density at radius 2 is 1.96 bits per heavy atom. The van der Waals surface area contributed by atoms with Gasteiger partial charge in [0.2, 0.25) is 0 Å². The van der Waals surface area contributed by atoms with Gasteiger partial charge < -0.3 is 25.5 Å². The van der Waals surface area contributed by atoms with E-state index in [1.165, 1.54) is 0 Å². The number of aliphatic hydroxyl groups excluding tert-OH is 4. The lowest BCUT2D eigenvalue weighted by Gasteiger charge is -2.60. The number of hydrogen-bond acceptors (Lipinski definition) is 7. The van der Waals surface area contributed by atoms with Gasteiger partial charge in [-0.15, -0.1) is 0 Å². The Hall–Kier alpha value is -1.12. The Balaban J connectivity index is 1.79. The molecule has 3 saturated carbocycles. The molecule has 0 aromatic carbocycles.